The van der Waals surface area contributed by atoms with E-state index in [4.69, 9.17) is 9.47 Å². The molecule has 0 heterocycles. The molecule has 6 nitrogen and oxygen atoms in total. The van der Waals surface area contributed by atoms with E-state index in [1.54, 1.807) is 6.92 Å². The molecule has 1 aromatic carbocycles. The van der Waals surface area contributed by atoms with E-state index in [0.717, 1.165) is 30.1 Å². The Morgan fingerprint density at radius 2 is 1.30 bits per heavy atom. The quantitative estimate of drug-likeness (QED) is 0.225. The zero-order chi connectivity index (χ0) is 22.7. The van der Waals surface area contributed by atoms with Crippen LogP contribution in [0.2, 0.25) is 0 Å². The summed E-state index contributed by atoms with van der Waals surface area (Å²) < 4.78 is 34.6. The molecular weight excluding hydrogens is 398 g/mol. The molecule has 0 spiro atoms. The van der Waals surface area contributed by atoms with Crippen molar-refractivity contribution in [3.8, 4) is 23.0 Å². The Morgan fingerprint density at radius 1 is 0.800 bits per heavy atom. The Kier molecular flexibility index (Phi) is 10.9. The topological polar surface area (TPSA) is 77.4 Å². The maximum Gasteiger partial charge on any atom is 0.266 e. The largest absolute Gasteiger partial charge is 0.490 e. The number of hydrogen-bond donors (Lipinski definition) is 2. The maximum atomic E-state index is 12.1. The first-order valence-electron chi connectivity index (χ1n) is 9.53. The van der Waals surface area contributed by atoms with Gasteiger partial charge in [0.1, 0.15) is 0 Å². The highest BCUT2D eigenvalue weighted by Crippen LogP contribution is 2.49. The van der Waals surface area contributed by atoms with Crippen molar-refractivity contribution >= 4 is 0 Å². The standard InChI is InChI=1S/C22H30F2O6/c1-14(10-7-11-18(23)24)8-6-9-15(2)12-13-17-16(3)19(29-25)21(27-4)22(28-5)20(17)30-26/h8,11-12,25-26H,6-7,9-10,13H2,1-5H3/b14-8+,15-12+. The minimum absolute atomic E-state index is 0.0773. The molecular formula is C22H30F2O6. The van der Waals surface area contributed by atoms with E-state index in [9.17, 15) is 19.3 Å². The highest BCUT2D eigenvalue weighted by Gasteiger charge is 2.26. The Hall–Kier alpha value is -2.58. The van der Waals surface area contributed by atoms with E-state index in [-0.39, 0.29) is 23.0 Å². The number of rotatable bonds is 12. The lowest BCUT2D eigenvalue weighted by atomic mass is 9.99. The molecule has 0 aliphatic carbocycles. The number of methoxy groups -OCH3 is 2. The van der Waals surface area contributed by atoms with Crippen LogP contribution >= 0.6 is 0 Å². The minimum Gasteiger partial charge on any atom is -0.490 e. The summed E-state index contributed by atoms with van der Waals surface area (Å²) in [5, 5.41) is 18.7. The summed E-state index contributed by atoms with van der Waals surface area (Å²) >= 11 is 0. The van der Waals surface area contributed by atoms with E-state index in [0.29, 0.717) is 30.4 Å². The first-order chi connectivity index (χ1) is 14.3. The van der Waals surface area contributed by atoms with Crippen molar-refractivity contribution < 1.29 is 38.5 Å². The smallest absolute Gasteiger partial charge is 0.266 e. The van der Waals surface area contributed by atoms with Crippen LogP contribution < -0.4 is 19.2 Å². The van der Waals surface area contributed by atoms with Gasteiger partial charge in [0.05, 0.1) is 14.2 Å². The number of benzene rings is 1. The monoisotopic (exact) mass is 428 g/mol. The van der Waals surface area contributed by atoms with Crippen LogP contribution in [0.15, 0.2) is 35.5 Å². The van der Waals surface area contributed by atoms with Crippen LogP contribution in [0.5, 0.6) is 23.0 Å². The molecule has 0 unspecified atom stereocenters. The molecule has 0 bridgehead atoms. The Labute approximate surface area is 175 Å². The van der Waals surface area contributed by atoms with Gasteiger partial charge >= 0.3 is 0 Å². The fraction of sp³-hybridized carbons (Fsp3) is 0.455. The second-order valence-corrected chi connectivity index (χ2v) is 6.89. The highest BCUT2D eigenvalue weighted by atomic mass is 19.3. The molecule has 0 atom stereocenters. The van der Waals surface area contributed by atoms with Gasteiger partial charge in [0.2, 0.25) is 23.0 Å². The first-order valence-corrected chi connectivity index (χ1v) is 9.53. The van der Waals surface area contributed by atoms with Gasteiger partial charge in [-0.15, -0.1) is 0 Å². The molecule has 8 heteroatoms. The van der Waals surface area contributed by atoms with Gasteiger partial charge in [0, 0.05) is 11.1 Å². The molecule has 0 radical (unpaired) electrons. The van der Waals surface area contributed by atoms with Crippen molar-refractivity contribution in [3.05, 3.63) is 46.6 Å². The second kappa shape index (κ2) is 12.9. The highest BCUT2D eigenvalue weighted by molar-refractivity contribution is 5.67. The van der Waals surface area contributed by atoms with Crippen LogP contribution in [0, 0.1) is 6.92 Å². The van der Waals surface area contributed by atoms with Gasteiger partial charge in [-0.05, 0) is 59.0 Å². The Balaban J connectivity index is 2.94. The lowest BCUT2D eigenvalue weighted by molar-refractivity contribution is -0.144. The van der Waals surface area contributed by atoms with Gasteiger partial charge < -0.3 is 19.2 Å². The molecule has 0 aliphatic heterocycles. The number of hydrogen-bond acceptors (Lipinski definition) is 6. The average Bonchev–Trinajstić information content (AvgIpc) is 2.71. The third kappa shape index (κ3) is 7.03. The zero-order valence-electron chi connectivity index (χ0n) is 18.1. The fourth-order valence-electron chi connectivity index (χ4n) is 3.08. The molecule has 0 fully saturated rings. The summed E-state index contributed by atoms with van der Waals surface area (Å²) in [5.74, 6) is 0.372. The molecule has 2 N–H and O–H groups in total. The molecule has 0 aliphatic rings. The maximum absolute atomic E-state index is 12.1. The Morgan fingerprint density at radius 3 is 1.80 bits per heavy atom. The van der Waals surface area contributed by atoms with Crippen molar-refractivity contribution in [1.82, 2.24) is 0 Å². The zero-order valence-corrected chi connectivity index (χ0v) is 18.1. The SMILES string of the molecule is COc1c(OO)c(C)c(C/C=C(\C)CC/C=C(\C)CCC=C(F)F)c(OO)c1OC. The van der Waals surface area contributed by atoms with Gasteiger partial charge in [0.25, 0.3) is 6.08 Å². The number of allylic oxidation sites excluding steroid dienone is 5. The number of halogens is 2. The molecule has 0 saturated heterocycles. The summed E-state index contributed by atoms with van der Waals surface area (Å²) in [4.78, 5) is 9.02. The van der Waals surface area contributed by atoms with Crippen molar-refractivity contribution in [2.75, 3.05) is 14.2 Å². The van der Waals surface area contributed by atoms with Crippen LogP contribution in [0.3, 0.4) is 0 Å². The van der Waals surface area contributed by atoms with Crippen LogP contribution in [0.25, 0.3) is 0 Å². The lowest BCUT2D eigenvalue weighted by Gasteiger charge is -2.19. The Bertz CT molecular complexity index is 796. The molecule has 168 valence electrons. The molecule has 0 aromatic heterocycles. The third-order valence-corrected chi connectivity index (χ3v) is 4.80. The third-order valence-electron chi connectivity index (χ3n) is 4.80. The van der Waals surface area contributed by atoms with Gasteiger partial charge in [-0.1, -0.05) is 23.3 Å². The predicted molar refractivity (Wildman–Crippen MR) is 111 cm³/mol. The van der Waals surface area contributed by atoms with Gasteiger partial charge in [-0.2, -0.15) is 8.78 Å². The molecule has 1 rings (SSSR count). The van der Waals surface area contributed by atoms with Crippen LogP contribution in [0.1, 0.15) is 50.7 Å². The van der Waals surface area contributed by atoms with Crippen LogP contribution in [-0.2, 0) is 6.42 Å². The van der Waals surface area contributed by atoms with Crippen molar-refractivity contribution in [3.63, 3.8) is 0 Å². The molecule has 30 heavy (non-hydrogen) atoms. The normalized spacial score (nSPS) is 11.9. The van der Waals surface area contributed by atoms with Crippen LogP contribution in [-0.4, -0.2) is 24.7 Å². The van der Waals surface area contributed by atoms with Gasteiger partial charge in [-0.3, -0.25) is 0 Å². The molecule has 0 amide bonds. The average molecular weight is 428 g/mol. The summed E-state index contributed by atoms with van der Waals surface area (Å²) in [6.45, 7) is 5.61. The van der Waals surface area contributed by atoms with Crippen LogP contribution in [0.4, 0.5) is 8.78 Å². The van der Waals surface area contributed by atoms with E-state index in [1.807, 2.05) is 26.0 Å². The minimum atomic E-state index is -1.65. The molecule has 1 aromatic rings. The van der Waals surface area contributed by atoms with Crippen molar-refractivity contribution in [2.24, 2.45) is 0 Å². The van der Waals surface area contributed by atoms with E-state index in [2.05, 4.69) is 9.78 Å². The lowest BCUT2D eigenvalue weighted by Crippen LogP contribution is -2.05. The van der Waals surface area contributed by atoms with E-state index in [1.165, 1.54) is 14.2 Å². The summed E-state index contributed by atoms with van der Waals surface area (Å²) in [6.07, 6.45) is 6.21. The second-order valence-electron chi connectivity index (χ2n) is 6.89. The number of ether oxygens (including phenoxy) is 2. The first kappa shape index (κ1) is 25.5. The van der Waals surface area contributed by atoms with E-state index >= 15 is 0 Å². The summed E-state index contributed by atoms with van der Waals surface area (Å²) in [7, 11) is 2.76. The van der Waals surface area contributed by atoms with Crippen molar-refractivity contribution in [2.45, 2.75) is 52.9 Å². The van der Waals surface area contributed by atoms with Crippen molar-refractivity contribution in [1.29, 1.82) is 0 Å². The fourth-order valence-corrected chi connectivity index (χ4v) is 3.08. The van der Waals surface area contributed by atoms with E-state index < -0.39 is 6.08 Å². The summed E-state index contributed by atoms with van der Waals surface area (Å²) in [6, 6.07) is 0. The predicted octanol–water partition coefficient (Wildman–Crippen LogP) is 6.49. The van der Waals surface area contributed by atoms with Gasteiger partial charge in [0.15, 0.2) is 0 Å². The van der Waals surface area contributed by atoms with Gasteiger partial charge in [-0.25, -0.2) is 10.5 Å². The molecule has 0 saturated carbocycles. The summed E-state index contributed by atoms with van der Waals surface area (Å²) in [5.41, 5.74) is 3.27.